The summed E-state index contributed by atoms with van der Waals surface area (Å²) in [5, 5.41) is 0. The Morgan fingerprint density at radius 2 is 0.438 bits per heavy atom. The highest BCUT2D eigenvalue weighted by Crippen LogP contribution is 2.51. The molecule has 4 aliphatic carbocycles. The molecule has 4 aromatic rings. The molecule has 0 bridgehead atoms. The molecule has 4 aliphatic rings. The van der Waals surface area contributed by atoms with E-state index in [0.717, 1.165) is 72.4 Å². The van der Waals surface area contributed by atoms with Gasteiger partial charge < -0.3 is 18.9 Å². The van der Waals surface area contributed by atoms with Gasteiger partial charge in [-0.3, -0.25) is 0 Å². The first kappa shape index (κ1) is 66.9. The van der Waals surface area contributed by atoms with E-state index in [0.29, 0.717) is 47.3 Å². The van der Waals surface area contributed by atoms with E-state index >= 15 is 0 Å². The van der Waals surface area contributed by atoms with Crippen LogP contribution < -0.4 is 18.9 Å². The predicted molar refractivity (Wildman–Crippen MR) is 347 cm³/mol. The maximum atomic E-state index is 6.39. The van der Waals surface area contributed by atoms with Gasteiger partial charge in [0.25, 0.3) is 0 Å². The van der Waals surface area contributed by atoms with Crippen LogP contribution in [0.3, 0.4) is 0 Å². The van der Waals surface area contributed by atoms with Crippen molar-refractivity contribution in [2.45, 2.75) is 313 Å². The lowest BCUT2D eigenvalue weighted by Gasteiger charge is -2.29. The molecule has 4 aromatic carbocycles. The van der Waals surface area contributed by atoms with E-state index < -0.39 is 0 Å². The Kier molecular flexibility index (Phi) is 23.9. The Morgan fingerprint density at radius 1 is 0.287 bits per heavy atom. The second-order valence-electron chi connectivity index (χ2n) is 29.7. The quantitative estimate of drug-likeness (QED) is 0.0884. The van der Waals surface area contributed by atoms with Crippen LogP contribution in [0.5, 0.6) is 23.0 Å². The predicted octanol–water partition coefficient (Wildman–Crippen LogP) is 23.6. The summed E-state index contributed by atoms with van der Waals surface area (Å²) < 4.78 is 25.5. The third-order valence-electron chi connectivity index (χ3n) is 17.8. The van der Waals surface area contributed by atoms with Gasteiger partial charge in [0, 0.05) is 0 Å². The van der Waals surface area contributed by atoms with Gasteiger partial charge in [0.1, 0.15) is 45.4 Å². The molecule has 0 aliphatic heterocycles. The fourth-order valence-corrected chi connectivity index (χ4v) is 11.3. The SMILES string of the molecule is CCC(C)c1cccc([C@@H](C)C2CC2)c1OC(C)(C)C.CC[C@@H](C)c1cccc([C@H](C)C2CC2)c1OC(C)(C)C.CC[C@H](C)c1cccc([C@@H](C)C2CC2)c1OC(C)(C)C.CC[C@H](C)c1cccc([C@H](C)C2CC2)c1OC(C)(C)C. The molecule has 448 valence electrons. The van der Waals surface area contributed by atoms with Crippen LogP contribution in [0.4, 0.5) is 0 Å². The normalized spacial score (nSPS) is 18.7. The first-order valence-electron chi connectivity index (χ1n) is 32.6. The summed E-state index contributed by atoms with van der Waals surface area (Å²) in [6.45, 7) is 53.4. The van der Waals surface area contributed by atoms with Crippen molar-refractivity contribution >= 4 is 0 Å². The lowest BCUT2D eigenvalue weighted by molar-refractivity contribution is 0.126. The van der Waals surface area contributed by atoms with Crippen molar-refractivity contribution in [3.05, 3.63) is 117 Å². The number of ether oxygens (including phenoxy) is 4. The van der Waals surface area contributed by atoms with Crippen molar-refractivity contribution < 1.29 is 18.9 Å². The smallest absolute Gasteiger partial charge is 0.127 e. The molecular formula is C76H120O4. The average molecular weight is 1100 g/mol. The van der Waals surface area contributed by atoms with Crippen LogP contribution in [0.25, 0.3) is 0 Å². The third kappa shape index (κ3) is 20.2. The van der Waals surface area contributed by atoms with Crippen LogP contribution in [0, 0.1) is 23.7 Å². The van der Waals surface area contributed by atoms with Gasteiger partial charge in [-0.05, 0) is 276 Å². The van der Waals surface area contributed by atoms with Gasteiger partial charge in [-0.15, -0.1) is 0 Å². The third-order valence-corrected chi connectivity index (χ3v) is 17.8. The molecule has 0 saturated heterocycles. The van der Waals surface area contributed by atoms with E-state index in [1.54, 1.807) is 0 Å². The van der Waals surface area contributed by atoms with E-state index in [1.807, 2.05) is 0 Å². The van der Waals surface area contributed by atoms with E-state index in [2.05, 4.69) is 239 Å². The minimum atomic E-state index is -0.137. The topological polar surface area (TPSA) is 36.9 Å². The second kappa shape index (κ2) is 28.6. The first-order valence-corrected chi connectivity index (χ1v) is 32.6. The van der Waals surface area contributed by atoms with Crippen molar-refractivity contribution in [2.75, 3.05) is 0 Å². The summed E-state index contributed by atoms with van der Waals surface area (Å²) in [6, 6.07) is 26.9. The molecule has 0 radical (unpaired) electrons. The van der Waals surface area contributed by atoms with Crippen molar-refractivity contribution in [3.63, 3.8) is 0 Å². The summed E-state index contributed by atoms with van der Waals surface area (Å²) in [4.78, 5) is 0. The molecule has 4 fully saturated rings. The lowest BCUT2D eigenvalue weighted by atomic mass is 9.89. The zero-order valence-corrected chi connectivity index (χ0v) is 56.0. The molecule has 0 N–H and O–H groups in total. The average Bonchev–Trinajstić information content (AvgIpc) is 4.18. The monoisotopic (exact) mass is 1100 g/mol. The summed E-state index contributed by atoms with van der Waals surface area (Å²) in [5.41, 5.74) is 10.6. The second-order valence-corrected chi connectivity index (χ2v) is 29.7. The maximum Gasteiger partial charge on any atom is 0.127 e. The van der Waals surface area contributed by atoms with Crippen LogP contribution in [-0.2, 0) is 0 Å². The van der Waals surface area contributed by atoms with Gasteiger partial charge in [-0.25, -0.2) is 0 Å². The van der Waals surface area contributed by atoms with Crippen LogP contribution in [0.2, 0.25) is 0 Å². The highest BCUT2D eigenvalue weighted by Gasteiger charge is 2.36. The molecular weight excluding hydrogens is 977 g/mol. The van der Waals surface area contributed by atoms with Gasteiger partial charge in [-0.2, -0.15) is 0 Å². The number of hydrogen-bond donors (Lipinski definition) is 0. The molecule has 0 amide bonds. The molecule has 4 saturated carbocycles. The highest BCUT2D eigenvalue weighted by molar-refractivity contribution is 5.49. The lowest BCUT2D eigenvalue weighted by Crippen LogP contribution is -2.25. The van der Waals surface area contributed by atoms with Gasteiger partial charge in [-0.1, -0.05) is 156 Å². The van der Waals surface area contributed by atoms with E-state index in [-0.39, 0.29) is 22.4 Å². The Balaban J connectivity index is 0.000000196. The molecule has 8 atom stereocenters. The molecule has 0 spiro atoms. The van der Waals surface area contributed by atoms with Crippen LogP contribution in [0.1, 0.15) is 335 Å². The van der Waals surface area contributed by atoms with Crippen molar-refractivity contribution in [2.24, 2.45) is 23.7 Å². The zero-order chi connectivity index (χ0) is 59.7. The zero-order valence-electron chi connectivity index (χ0n) is 56.0. The summed E-state index contributed by atoms with van der Waals surface area (Å²) in [6.07, 6.45) is 15.6. The minimum absolute atomic E-state index is 0.137. The Morgan fingerprint density at radius 3 is 0.562 bits per heavy atom. The highest BCUT2D eigenvalue weighted by atomic mass is 16.5. The van der Waals surface area contributed by atoms with Gasteiger partial charge in [0.05, 0.1) is 0 Å². The van der Waals surface area contributed by atoms with Crippen LogP contribution in [-0.4, -0.2) is 22.4 Å². The fraction of sp³-hybridized carbons (Fsp3) is 0.684. The number of benzene rings is 4. The summed E-state index contributed by atoms with van der Waals surface area (Å²) in [5.74, 6) is 12.8. The number of rotatable bonds is 20. The van der Waals surface area contributed by atoms with E-state index in [9.17, 15) is 0 Å². The molecule has 1 unspecified atom stereocenters. The molecule has 0 aromatic heterocycles. The van der Waals surface area contributed by atoms with Gasteiger partial charge in [0.15, 0.2) is 0 Å². The van der Waals surface area contributed by atoms with Crippen molar-refractivity contribution in [3.8, 4) is 23.0 Å². The maximum absolute atomic E-state index is 6.39. The number of hydrogen-bond acceptors (Lipinski definition) is 4. The van der Waals surface area contributed by atoms with Crippen molar-refractivity contribution in [1.82, 2.24) is 0 Å². The summed E-state index contributed by atoms with van der Waals surface area (Å²) in [7, 11) is 0. The largest absolute Gasteiger partial charge is 0.488 e. The molecule has 0 heterocycles. The first-order chi connectivity index (χ1) is 37.3. The molecule has 4 heteroatoms. The molecule has 4 nitrogen and oxygen atoms in total. The van der Waals surface area contributed by atoms with E-state index in [1.165, 1.54) is 95.9 Å². The number of para-hydroxylation sites is 4. The van der Waals surface area contributed by atoms with Gasteiger partial charge >= 0.3 is 0 Å². The molecule has 80 heavy (non-hydrogen) atoms. The Labute approximate surface area is 493 Å². The van der Waals surface area contributed by atoms with E-state index in [4.69, 9.17) is 18.9 Å². The Hall–Kier alpha value is -3.92. The van der Waals surface area contributed by atoms with Crippen LogP contribution >= 0.6 is 0 Å². The standard InChI is InChI=1S/4C19H30O/c4*1-7-13(2)16-9-8-10-17(14(3)15-11-12-15)18(16)20-19(4,5)6/h4*8-10,13-15H,7,11-12H2,1-6H3/t13?,14-;13-,14+;2*13-,14-/m0010/s1. The van der Waals surface area contributed by atoms with Crippen LogP contribution in [0.15, 0.2) is 72.8 Å². The Bertz CT molecular complexity index is 2160. The fourth-order valence-electron chi connectivity index (χ4n) is 11.3. The molecule has 8 rings (SSSR count). The minimum Gasteiger partial charge on any atom is -0.488 e. The van der Waals surface area contributed by atoms with Gasteiger partial charge in [0.2, 0.25) is 0 Å². The summed E-state index contributed by atoms with van der Waals surface area (Å²) >= 11 is 0. The van der Waals surface area contributed by atoms with Crippen molar-refractivity contribution in [1.29, 1.82) is 0 Å².